The molecule has 0 unspecified atom stereocenters. The van der Waals surface area contributed by atoms with Gasteiger partial charge in [0.1, 0.15) is 0 Å². The van der Waals surface area contributed by atoms with E-state index in [4.69, 9.17) is 0 Å². The number of anilines is 1. The maximum atomic E-state index is 11.5. The number of hydrogen-bond donors (Lipinski definition) is 0. The van der Waals surface area contributed by atoms with Crippen LogP contribution >= 0.6 is 0 Å². The van der Waals surface area contributed by atoms with E-state index in [9.17, 15) is 13.2 Å². The van der Waals surface area contributed by atoms with Crippen LogP contribution in [-0.2, 0) is 25.5 Å². The minimum Gasteiger partial charge on any atom is -0.312 e. The molecular formula is C11H13NO4S. The van der Waals surface area contributed by atoms with Gasteiger partial charge in [-0.2, -0.15) is 8.42 Å². The largest absolute Gasteiger partial charge is 0.312 e. The zero-order valence-corrected chi connectivity index (χ0v) is 10.5. The summed E-state index contributed by atoms with van der Waals surface area (Å²) in [6, 6.07) is 4.67. The highest BCUT2D eigenvalue weighted by atomic mass is 32.2. The summed E-state index contributed by atoms with van der Waals surface area (Å²) in [6.45, 7) is 2.09. The molecule has 0 saturated carbocycles. The maximum absolute atomic E-state index is 11.5. The predicted molar refractivity (Wildman–Crippen MR) is 62.4 cm³/mol. The van der Waals surface area contributed by atoms with Gasteiger partial charge in [0.2, 0.25) is 5.91 Å². The highest BCUT2D eigenvalue weighted by molar-refractivity contribution is 7.86. The molecule has 1 heterocycles. The van der Waals surface area contributed by atoms with E-state index >= 15 is 0 Å². The third-order valence-corrected chi connectivity index (χ3v) is 4.10. The lowest BCUT2D eigenvalue weighted by Gasteiger charge is -2.14. The van der Waals surface area contributed by atoms with Crippen molar-refractivity contribution in [1.29, 1.82) is 0 Å². The molecule has 0 bridgehead atoms. The molecule has 0 atom stereocenters. The van der Waals surface area contributed by atoms with E-state index in [2.05, 4.69) is 4.18 Å². The van der Waals surface area contributed by atoms with Gasteiger partial charge in [-0.3, -0.25) is 8.98 Å². The predicted octanol–water partition coefficient (Wildman–Crippen LogP) is 0.931. The molecule has 0 N–H and O–H groups in total. The van der Waals surface area contributed by atoms with Crippen molar-refractivity contribution >= 4 is 21.7 Å². The third-order valence-electron chi connectivity index (χ3n) is 2.83. The molecule has 0 fully saturated rings. The van der Waals surface area contributed by atoms with Gasteiger partial charge in [-0.25, -0.2) is 0 Å². The van der Waals surface area contributed by atoms with E-state index < -0.39 is 10.1 Å². The quantitative estimate of drug-likeness (QED) is 0.737. The SMILES string of the molecule is COS(=O)(=O)c1ccc2c(c1)CCN2C(C)=O. The summed E-state index contributed by atoms with van der Waals surface area (Å²) in [5.74, 6) is -0.0360. The van der Waals surface area contributed by atoms with E-state index in [1.807, 2.05) is 0 Å². The van der Waals surface area contributed by atoms with Gasteiger partial charge in [0.05, 0.1) is 12.0 Å². The van der Waals surface area contributed by atoms with Crippen LogP contribution in [0.1, 0.15) is 12.5 Å². The molecule has 6 heteroatoms. The first-order valence-corrected chi connectivity index (χ1v) is 6.58. The van der Waals surface area contributed by atoms with Gasteiger partial charge in [0.15, 0.2) is 0 Å². The van der Waals surface area contributed by atoms with Crippen LogP contribution in [0.2, 0.25) is 0 Å². The summed E-state index contributed by atoms with van der Waals surface area (Å²) >= 11 is 0. The Morgan fingerprint density at radius 2 is 2.12 bits per heavy atom. The van der Waals surface area contributed by atoms with E-state index in [0.717, 1.165) is 18.4 Å². The van der Waals surface area contributed by atoms with E-state index in [1.165, 1.54) is 13.0 Å². The summed E-state index contributed by atoms with van der Waals surface area (Å²) in [7, 11) is -2.53. The fraction of sp³-hybridized carbons (Fsp3) is 0.364. The zero-order chi connectivity index (χ0) is 12.6. The minimum atomic E-state index is -3.66. The van der Waals surface area contributed by atoms with Crippen LogP contribution in [0.5, 0.6) is 0 Å². The summed E-state index contributed by atoms with van der Waals surface area (Å²) in [4.78, 5) is 13.1. The van der Waals surface area contributed by atoms with Crippen molar-refractivity contribution in [2.75, 3.05) is 18.6 Å². The van der Waals surface area contributed by atoms with Crippen LogP contribution in [0.3, 0.4) is 0 Å². The van der Waals surface area contributed by atoms with Crippen molar-refractivity contribution in [3.63, 3.8) is 0 Å². The molecular weight excluding hydrogens is 242 g/mol. The summed E-state index contributed by atoms with van der Waals surface area (Å²) in [5.41, 5.74) is 1.64. The highest BCUT2D eigenvalue weighted by Gasteiger charge is 2.24. The third kappa shape index (κ3) is 2.05. The first kappa shape index (κ1) is 12.1. The normalized spacial score (nSPS) is 14.8. The van der Waals surface area contributed by atoms with Gasteiger partial charge in [-0.1, -0.05) is 0 Å². The van der Waals surface area contributed by atoms with E-state index in [0.29, 0.717) is 13.0 Å². The van der Waals surface area contributed by atoms with Crippen molar-refractivity contribution in [3.8, 4) is 0 Å². The Bertz CT molecular complexity index is 565. The van der Waals surface area contributed by atoms with Crippen molar-refractivity contribution in [2.24, 2.45) is 0 Å². The number of amides is 1. The van der Waals surface area contributed by atoms with Crippen molar-refractivity contribution < 1.29 is 17.4 Å². The first-order valence-electron chi connectivity index (χ1n) is 5.17. The fourth-order valence-electron chi connectivity index (χ4n) is 1.96. The molecule has 1 aliphatic rings. The van der Waals surface area contributed by atoms with Crippen molar-refractivity contribution in [3.05, 3.63) is 23.8 Å². The number of carbonyl (C=O) groups is 1. The standard InChI is InChI=1S/C11H13NO4S/c1-8(13)12-6-5-9-7-10(3-4-11(9)12)17(14,15)16-2/h3-4,7H,5-6H2,1-2H3. The maximum Gasteiger partial charge on any atom is 0.296 e. The minimum absolute atomic E-state index is 0.0360. The Balaban J connectivity index is 2.45. The molecule has 92 valence electrons. The Morgan fingerprint density at radius 3 is 2.71 bits per heavy atom. The zero-order valence-electron chi connectivity index (χ0n) is 9.63. The molecule has 0 aromatic heterocycles. The van der Waals surface area contributed by atoms with Gasteiger partial charge in [0, 0.05) is 19.2 Å². The Hall–Kier alpha value is -1.40. The van der Waals surface area contributed by atoms with Crippen LogP contribution in [0, 0.1) is 0 Å². The topological polar surface area (TPSA) is 63.7 Å². The number of rotatable bonds is 2. The van der Waals surface area contributed by atoms with Gasteiger partial charge in [-0.05, 0) is 30.2 Å². The first-order chi connectivity index (χ1) is 7.95. The smallest absolute Gasteiger partial charge is 0.296 e. The molecule has 0 aliphatic carbocycles. The molecule has 0 spiro atoms. The van der Waals surface area contributed by atoms with E-state index in [1.54, 1.807) is 17.0 Å². The van der Waals surface area contributed by atoms with Crippen LogP contribution in [-0.4, -0.2) is 28.0 Å². The molecule has 2 rings (SSSR count). The molecule has 1 aliphatic heterocycles. The monoisotopic (exact) mass is 255 g/mol. The lowest BCUT2D eigenvalue weighted by molar-refractivity contribution is -0.116. The van der Waals surface area contributed by atoms with Gasteiger partial charge >= 0.3 is 0 Å². The molecule has 1 aromatic rings. The van der Waals surface area contributed by atoms with Crippen molar-refractivity contribution in [2.45, 2.75) is 18.2 Å². The Morgan fingerprint density at radius 1 is 1.41 bits per heavy atom. The fourth-order valence-corrected chi connectivity index (χ4v) is 2.67. The van der Waals surface area contributed by atoms with Crippen LogP contribution in [0.15, 0.2) is 23.1 Å². The van der Waals surface area contributed by atoms with Gasteiger partial charge < -0.3 is 4.90 Å². The van der Waals surface area contributed by atoms with Gasteiger partial charge in [0.25, 0.3) is 10.1 Å². The van der Waals surface area contributed by atoms with E-state index in [-0.39, 0.29) is 10.8 Å². The van der Waals surface area contributed by atoms with Crippen molar-refractivity contribution in [1.82, 2.24) is 0 Å². The average molecular weight is 255 g/mol. The van der Waals surface area contributed by atoms with Gasteiger partial charge in [-0.15, -0.1) is 0 Å². The van der Waals surface area contributed by atoms with Crippen LogP contribution in [0.25, 0.3) is 0 Å². The molecule has 1 amide bonds. The van der Waals surface area contributed by atoms with Crippen LogP contribution in [0.4, 0.5) is 5.69 Å². The number of carbonyl (C=O) groups excluding carboxylic acids is 1. The Labute approximate surface area is 100 Å². The second-order valence-corrected chi connectivity index (χ2v) is 5.54. The Kier molecular flexibility index (Phi) is 2.92. The second-order valence-electron chi connectivity index (χ2n) is 3.83. The summed E-state index contributed by atoms with van der Waals surface area (Å²) < 4.78 is 27.5. The lowest BCUT2D eigenvalue weighted by atomic mass is 10.2. The summed E-state index contributed by atoms with van der Waals surface area (Å²) in [6.07, 6.45) is 0.669. The molecule has 1 aromatic carbocycles. The summed E-state index contributed by atoms with van der Waals surface area (Å²) in [5, 5.41) is 0. The number of fused-ring (bicyclic) bond motifs is 1. The lowest BCUT2D eigenvalue weighted by Crippen LogP contribution is -2.25. The number of nitrogens with zero attached hydrogens (tertiary/aromatic N) is 1. The van der Waals surface area contributed by atoms with Crippen LogP contribution < -0.4 is 4.90 Å². The molecule has 0 saturated heterocycles. The average Bonchev–Trinajstić information content (AvgIpc) is 2.71. The molecule has 5 nitrogen and oxygen atoms in total. The number of benzene rings is 1. The second kappa shape index (κ2) is 4.12. The molecule has 0 radical (unpaired) electrons. The molecule has 17 heavy (non-hydrogen) atoms. The number of hydrogen-bond acceptors (Lipinski definition) is 4. The highest BCUT2D eigenvalue weighted by Crippen LogP contribution is 2.30.